The number of ether oxygens (including phenoxy) is 2. The molecule has 0 spiro atoms. The first kappa shape index (κ1) is 32.2. The number of benzene rings is 2. The average molecular weight is 642 g/mol. The highest BCUT2D eigenvalue weighted by molar-refractivity contribution is 6.00. The van der Waals surface area contributed by atoms with Crippen LogP contribution in [0.4, 0.5) is 14.6 Å². The molecule has 244 valence electrons. The number of carbonyl (C=O) groups excluding carboxylic acids is 1. The number of hydrogen-bond donors (Lipinski definition) is 0. The molecule has 2 aliphatic rings. The quantitative estimate of drug-likeness (QED) is 0.189. The SMILES string of the molecule is [C-]#[N+]C[C@H]1CN(c2nc(OC[C@@H]3C[C@@H](OC)CN3C)nc3c(F)c(-c4cccc5cccc(C)c45)ncc23)CCN1C(=O)/C=C/CF. The van der Waals surface area contributed by atoms with Crippen molar-refractivity contribution in [3.8, 4) is 17.3 Å². The standard InChI is InChI=1S/C35H37F2N7O3/c1-22-8-5-9-23-10-6-11-27(30(22)23)32-31(37)33-28(18-39-32)34(41-35(40-33)47-21-24-16-26(46-4)20-42(24)3)43-14-15-44(25(19-43)17-38-2)29(45)12-7-13-36/h5-12,18,24-26H,13-17,19-21H2,1,3-4H3/b12-7+/t24-,25-,26+/m0/s1. The van der Waals surface area contributed by atoms with Gasteiger partial charge in [-0.2, -0.15) is 9.97 Å². The summed E-state index contributed by atoms with van der Waals surface area (Å²) in [4.78, 5) is 36.0. The Morgan fingerprint density at radius 2 is 1.96 bits per heavy atom. The fourth-order valence-corrected chi connectivity index (χ4v) is 6.65. The van der Waals surface area contributed by atoms with E-state index in [0.29, 0.717) is 23.3 Å². The largest absolute Gasteiger partial charge is 0.462 e. The number of likely N-dealkylation sites (N-methyl/N-ethyl adjacent to an activating group) is 1. The van der Waals surface area contributed by atoms with Gasteiger partial charge in [-0.05, 0) is 42.8 Å². The first-order valence-corrected chi connectivity index (χ1v) is 15.6. The van der Waals surface area contributed by atoms with Gasteiger partial charge in [0.2, 0.25) is 12.5 Å². The molecule has 0 saturated carbocycles. The minimum Gasteiger partial charge on any atom is -0.462 e. The van der Waals surface area contributed by atoms with E-state index in [0.717, 1.165) is 35.4 Å². The van der Waals surface area contributed by atoms with Gasteiger partial charge in [-0.3, -0.25) is 14.7 Å². The summed E-state index contributed by atoms with van der Waals surface area (Å²) in [6.45, 7) is 10.7. The van der Waals surface area contributed by atoms with Crippen molar-refractivity contribution < 1.29 is 23.0 Å². The molecule has 6 rings (SSSR count). The van der Waals surface area contributed by atoms with Crippen molar-refractivity contribution in [1.29, 1.82) is 0 Å². The van der Waals surface area contributed by atoms with Crippen LogP contribution >= 0.6 is 0 Å². The highest BCUT2D eigenvalue weighted by Crippen LogP contribution is 2.36. The third-order valence-electron chi connectivity index (χ3n) is 9.12. The molecule has 2 aromatic carbocycles. The lowest BCUT2D eigenvalue weighted by molar-refractivity contribution is -0.128. The first-order valence-electron chi connectivity index (χ1n) is 15.6. The van der Waals surface area contributed by atoms with E-state index < -0.39 is 18.5 Å². The Hall–Kier alpha value is -4.73. The van der Waals surface area contributed by atoms with Crippen LogP contribution in [-0.4, -0.2) is 109 Å². The van der Waals surface area contributed by atoms with Crippen molar-refractivity contribution in [3.63, 3.8) is 0 Å². The van der Waals surface area contributed by atoms with Crippen molar-refractivity contribution in [3.05, 3.63) is 77.5 Å². The molecule has 2 aromatic heterocycles. The molecule has 10 nitrogen and oxygen atoms in total. The lowest BCUT2D eigenvalue weighted by Crippen LogP contribution is -2.56. The smallest absolute Gasteiger partial charge is 0.319 e. The van der Waals surface area contributed by atoms with E-state index in [1.165, 1.54) is 6.08 Å². The van der Waals surface area contributed by atoms with Crippen molar-refractivity contribution in [2.75, 3.05) is 65.1 Å². The molecule has 0 unspecified atom stereocenters. The van der Waals surface area contributed by atoms with Gasteiger partial charge in [-0.15, -0.1) is 0 Å². The maximum atomic E-state index is 16.7. The predicted molar refractivity (Wildman–Crippen MR) is 177 cm³/mol. The molecule has 0 N–H and O–H groups in total. The van der Waals surface area contributed by atoms with Gasteiger partial charge in [0.25, 0.3) is 0 Å². The molecule has 0 aliphatic carbocycles. The van der Waals surface area contributed by atoms with Crippen molar-refractivity contribution in [2.45, 2.75) is 31.5 Å². The van der Waals surface area contributed by atoms with E-state index in [9.17, 15) is 9.18 Å². The molecule has 0 bridgehead atoms. The number of alkyl halides is 1. The van der Waals surface area contributed by atoms with Crippen molar-refractivity contribution in [1.82, 2.24) is 24.8 Å². The number of amides is 1. The Balaban J connectivity index is 1.42. The second-order valence-electron chi connectivity index (χ2n) is 12.0. The van der Waals surface area contributed by atoms with Crippen LogP contribution in [0.1, 0.15) is 12.0 Å². The summed E-state index contributed by atoms with van der Waals surface area (Å²) < 4.78 is 41.2. The van der Waals surface area contributed by atoms with Crippen LogP contribution in [0.15, 0.2) is 54.7 Å². The number of rotatable bonds is 9. The van der Waals surface area contributed by atoms with Crippen LogP contribution in [0.5, 0.6) is 6.01 Å². The summed E-state index contributed by atoms with van der Waals surface area (Å²) in [6.07, 6.45) is 4.81. The molecule has 0 radical (unpaired) electrons. The molecular weight excluding hydrogens is 604 g/mol. The number of fused-ring (bicyclic) bond motifs is 2. The monoisotopic (exact) mass is 641 g/mol. The molecule has 4 heterocycles. The van der Waals surface area contributed by atoms with E-state index in [1.54, 1.807) is 18.2 Å². The Morgan fingerprint density at radius 1 is 1.15 bits per heavy atom. The van der Waals surface area contributed by atoms with E-state index in [1.807, 2.05) is 55.3 Å². The molecule has 2 aliphatic heterocycles. The van der Waals surface area contributed by atoms with Crippen LogP contribution in [-0.2, 0) is 9.53 Å². The Kier molecular flexibility index (Phi) is 9.56. The minimum absolute atomic E-state index is 0.0260. The molecule has 1 amide bonds. The minimum atomic E-state index is -0.753. The lowest BCUT2D eigenvalue weighted by atomic mass is 9.97. The van der Waals surface area contributed by atoms with Crippen LogP contribution in [0.2, 0.25) is 0 Å². The number of aromatic nitrogens is 3. The van der Waals surface area contributed by atoms with E-state index in [-0.39, 0.29) is 61.5 Å². The molecule has 2 fully saturated rings. The predicted octanol–water partition coefficient (Wildman–Crippen LogP) is 4.85. The summed E-state index contributed by atoms with van der Waals surface area (Å²) in [5.74, 6) is -0.537. The summed E-state index contributed by atoms with van der Waals surface area (Å²) in [6, 6.07) is 11.3. The van der Waals surface area contributed by atoms with Gasteiger partial charge in [0.15, 0.2) is 5.82 Å². The number of hydrogen-bond acceptors (Lipinski definition) is 8. The van der Waals surface area contributed by atoms with Crippen molar-refractivity contribution in [2.24, 2.45) is 0 Å². The zero-order valence-corrected chi connectivity index (χ0v) is 26.7. The summed E-state index contributed by atoms with van der Waals surface area (Å²) in [5.41, 5.74) is 1.90. The van der Waals surface area contributed by atoms with Gasteiger partial charge in [-0.25, -0.2) is 15.4 Å². The van der Waals surface area contributed by atoms with Crippen LogP contribution in [0.25, 0.3) is 37.8 Å². The fourth-order valence-electron chi connectivity index (χ4n) is 6.65. The number of halogens is 2. The molecular formula is C35H37F2N7O3. The van der Waals surface area contributed by atoms with Crippen LogP contribution < -0.4 is 9.64 Å². The normalized spacial score (nSPS) is 20.4. The second-order valence-corrected chi connectivity index (χ2v) is 12.0. The Labute approximate surface area is 272 Å². The summed E-state index contributed by atoms with van der Waals surface area (Å²) in [7, 11) is 3.70. The number of piperazine rings is 1. The number of aryl methyl sites for hydroxylation is 1. The van der Waals surface area contributed by atoms with Gasteiger partial charge in [0.1, 0.15) is 36.4 Å². The molecule has 47 heavy (non-hydrogen) atoms. The summed E-state index contributed by atoms with van der Waals surface area (Å²) >= 11 is 0. The van der Waals surface area contributed by atoms with Crippen molar-refractivity contribution >= 4 is 33.4 Å². The highest BCUT2D eigenvalue weighted by atomic mass is 19.1. The molecule has 4 aromatic rings. The highest BCUT2D eigenvalue weighted by Gasteiger charge is 2.34. The number of carbonyl (C=O) groups is 1. The molecule has 3 atom stereocenters. The maximum Gasteiger partial charge on any atom is 0.319 e. The van der Waals surface area contributed by atoms with Gasteiger partial charge >= 0.3 is 6.01 Å². The lowest BCUT2D eigenvalue weighted by Gasteiger charge is -2.39. The summed E-state index contributed by atoms with van der Waals surface area (Å²) in [5, 5.41) is 2.28. The second kappa shape index (κ2) is 13.9. The molecule has 12 heteroatoms. The van der Waals surface area contributed by atoms with E-state index in [2.05, 4.69) is 19.7 Å². The van der Waals surface area contributed by atoms with Gasteiger partial charge in [0, 0.05) is 57.2 Å². The number of allylic oxidation sites excluding steroid dienone is 1. The number of pyridine rings is 1. The number of likely N-dealkylation sites (tertiary alicyclic amines) is 1. The van der Waals surface area contributed by atoms with Crippen LogP contribution in [0, 0.1) is 19.3 Å². The molecule has 2 saturated heterocycles. The van der Waals surface area contributed by atoms with E-state index >= 15 is 4.39 Å². The zero-order valence-electron chi connectivity index (χ0n) is 26.7. The Bertz CT molecular complexity index is 1860. The zero-order chi connectivity index (χ0) is 33.1. The Morgan fingerprint density at radius 3 is 2.70 bits per heavy atom. The van der Waals surface area contributed by atoms with Crippen LogP contribution in [0.3, 0.4) is 0 Å². The first-order chi connectivity index (χ1) is 22.8. The third-order valence-corrected chi connectivity index (χ3v) is 9.12. The van der Waals surface area contributed by atoms with Gasteiger partial charge < -0.3 is 24.1 Å². The maximum absolute atomic E-state index is 16.7. The van der Waals surface area contributed by atoms with Gasteiger partial charge in [-0.1, -0.05) is 36.4 Å². The van der Waals surface area contributed by atoms with E-state index in [4.69, 9.17) is 21.0 Å². The topological polar surface area (TPSA) is 88.3 Å². The number of anilines is 1. The third kappa shape index (κ3) is 6.46. The number of methoxy groups -OCH3 is 1. The number of nitrogens with zero attached hydrogens (tertiary/aromatic N) is 7. The average Bonchev–Trinajstić information content (AvgIpc) is 3.45. The fraction of sp³-hybridized carbons (Fsp3) is 0.400. The van der Waals surface area contributed by atoms with Gasteiger partial charge in [0.05, 0.1) is 11.5 Å².